The number of carbonyl (C=O) groups is 3. The van der Waals surface area contributed by atoms with Crippen molar-refractivity contribution in [3.05, 3.63) is 71.5 Å². The molecule has 1 atom stereocenters. The number of benzene rings is 2. The fourth-order valence-corrected chi connectivity index (χ4v) is 3.99. The molecular weight excluding hydrogens is 425 g/mol. The number of hydrogen-bond acceptors (Lipinski definition) is 4. The maximum absolute atomic E-state index is 13.5. The summed E-state index contributed by atoms with van der Waals surface area (Å²) in [6.45, 7) is 1.83. The molecule has 3 rings (SSSR count). The molecule has 1 fully saturated rings. The first-order valence-electron chi connectivity index (χ1n) is 11.2. The third-order valence-corrected chi connectivity index (χ3v) is 5.80. The van der Waals surface area contributed by atoms with Crippen LogP contribution in [-0.4, -0.2) is 62.0 Å². The molecule has 3 amide bonds. The van der Waals surface area contributed by atoms with Gasteiger partial charge in [0.1, 0.15) is 11.9 Å². The molecule has 7 nitrogen and oxygen atoms in total. The van der Waals surface area contributed by atoms with Crippen LogP contribution in [0.5, 0.6) is 0 Å². The van der Waals surface area contributed by atoms with Gasteiger partial charge in [-0.2, -0.15) is 0 Å². The van der Waals surface area contributed by atoms with E-state index < -0.39 is 11.9 Å². The minimum absolute atomic E-state index is 0.128. The zero-order valence-corrected chi connectivity index (χ0v) is 18.8. The summed E-state index contributed by atoms with van der Waals surface area (Å²) in [4.78, 5) is 40.1. The number of nitrogens with zero attached hydrogens (tertiary/aromatic N) is 1. The van der Waals surface area contributed by atoms with Crippen LogP contribution in [0.3, 0.4) is 0 Å². The third kappa shape index (κ3) is 6.86. The number of carbonyl (C=O) groups excluding carboxylic acids is 3. The van der Waals surface area contributed by atoms with E-state index in [0.717, 1.165) is 0 Å². The van der Waals surface area contributed by atoms with Crippen molar-refractivity contribution in [3.8, 4) is 0 Å². The van der Waals surface area contributed by atoms with Gasteiger partial charge in [0.15, 0.2) is 0 Å². The average molecular weight is 456 g/mol. The van der Waals surface area contributed by atoms with Gasteiger partial charge in [-0.3, -0.25) is 14.4 Å². The number of ether oxygens (including phenoxy) is 1. The Kier molecular flexibility index (Phi) is 8.95. The summed E-state index contributed by atoms with van der Waals surface area (Å²) in [7, 11) is 1.60. The van der Waals surface area contributed by atoms with Crippen molar-refractivity contribution in [1.29, 1.82) is 0 Å². The number of likely N-dealkylation sites (tertiary alicyclic amines) is 1. The maximum Gasteiger partial charge on any atom is 0.253 e. The fraction of sp³-hybridized carbons (Fsp3) is 0.400. The molecule has 1 saturated heterocycles. The molecule has 0 radical (unpaired) electrons. The van der Waals surface area contributed by atoms with Crippen molar-refractivity contribution in [2.24, 2.45) is 5.92 Å². The first-order valence-corrected chi connectivity index (χ1v) is 11.2. The molecule has 33 heavy (non-hydrogen) atoms. The molecule has 1 aliphatic heterocycles. The Morgan fingerprint density at radius 1 is 1.06 bits per heavy atom. The van der Waals surface area contributed by atoms with Crippen LogP contribution < -0.4 is 10.6 Å². The van der Waals surface area contributed by atoms with Gasteiger partial charge >= 0.3 is 0 Å². The van der Waals surface area contributed by atoms with Crippen LogP contribution in [0.4, 0.5) is 4.39 Å². The molecule has 8 heteroatoms. The van der Waals surface area contributed by atoms with Crippen LogP contribution >= 0.6 is 0 Å². The Balaban J connectivity index is 1.65. The van der Waals surface area contributed by atoms with Gasteiger partial charge in [-0.15, -0.1) is 0 Å². The van der Waals surface area contributed by atoms with E-state index in [0.29, 0.717) is 56.6 Å². The molecule has 0 aliphatic carbocycles. The normalized spacial score (nSPS) is 15.0. The Hall–Kier alpha value is -3.26. The summed E-state index contributed by atoms with van der Waals surface area (Å²) in [6, 6.07) is 13.7. The molecule has 1 aliphatic rings. The first-order chi connectivity index (χ1) is 16.0. The molecule has 0 spiro atoms. The van der Waals surface area contributed by atoms with Crippen molar-refractivity contribution in [2.45, 2.75) is 25.3 Å². The van der Waals surface area contributed by atoms with Crippen LogP contribution in [0.15, 0.2) is 54.6 Å². The smallest absolute Gasteiger partial charge is 0.253 e. The highest BCUT2D eigenvalue weighted by atomic mass is 19.1. The number of halogens is 1. The highest BCUT2D eigenvalue weighted by Gasteiger charge is 2.34. The lowest BCUT2D eigenvalue weighted by Crippen LogP contribution is -2.54. The molecule has 0 aromatic heterocycles. The second kappa shape index (κ2) is 12.1. The predicted molar refractivity (Wildman–Crippen MR) is 122 cm³/mol. The van der Waals surface area contributed by atoms with Crippen molar-refractivity contribution in [3.63, 3.8) is 0 Å². The Bertz CT molecular complexity index is 946. The third-order valence-electron chi connectivity index (χ3n) is 5.80. The van der Waals surface area contributed by atoms with Crippen molar-refractivity contribution < 1.29 is 23.5 Å². The first kappa shape index (κ1) is 24.4. The molecule has 0 saturated carbocycles. The molecular formula is C25H30FN3O4. The van der Waals surface area contributed by atoms with Gasteiger partial charge in [-0.1, -0.05) is 24.3 Å². The summed E-state index contributed by atoms with van der Waals surface area (Å²) < 4.78 is 18.5. The lowest BCUT2D eigenvalue weighted by Gasteiger charge is -2.36. The number of nitrogens with one attached hydrogen (secondary N) is 2. The summed E-state index contributed by atoms with van der Waals surface area (Å²) in [5, 5.41) is 5.77. The van der Waals surface area contributed by atoms with Crippen LogP contribution in [-0.2, 0) is 9.53 Å². The molecule has 176 valence electrons. The highest BCUT2D eigenvalue weighted by Crippen LogP contribution is 2.23. The van der Waals surface area contributed by atoms with Gasteiger partial charge in [-0.05, 0) is 55.5 Å². The number of hydrogen-bond donors (Lipinski definition) is 2. The van der Waals surface area contributed by atoms with E-state index >= 15 is 0 Å². The van der Waals surface area contributed by atoms with E-state index in [4.69, 9.17) is 4.74 Å². The lowest BCUT2D eigenvalue weighted by molar-refractivity contribution is -0.124. The standard InChI is InChI=1S/C25H30FN3O4/c1-33-16-6-13-27-24(31)22(28-23(30)19-7-3-2-4-8-19)18-11-14-29(15-12-18)25(32)20-9-5-10-21(26)17-20/h2-5,7-10,17-18,22H,6,11-16H2,1H3,(H,27,31)(H,28,30). The number of methoxy groups -OCH3 is 1. The molecule has 1 heterocycles. The van der Waals surface area contributed by atoms with E-state index in [9.17, 15) is 18.8 Å². The summed E-state index contributed by atoms with van der Waals surface area (Å²) >= 11 is 0. The highest BCUT2D eigenvalue weighted by molar-refractivity contribution is 5.97. The SMILES string of the molecule is COCCCNC(=O)C(NC(=O)c1ccccc1)C1CCN(C(=O)c2cccc(F)c2)CC1. The van der Waals surface area contributed by atoms with Gasteiger partial charge in [-0.25, -0.2) is 4.39 Å². The summed E-state index contributed by atoms with van der Waals surface area (Å²) in [6.07, 6.45) is 1.76. The van der Waals surface area contributed by atoms with Crippen molar-refractivity contribution in [1.82, 2.24) is 15.5 Å². The number of amides is 3. The zero-order valence-electron chi connectivity index (χ0n) is 18.8. The van der Waals surface area contributed by atoms with E-state index in [1.54, 1.807) is 42.3 Å². The second-order valence-electron chi connectivity index (χ2n) is 8.09. The molecule has 1 unspecified atom stereocenters. The monoisotopic (exact) mass is 455 g/mol. The number of rotatable bonds is 9. The minimum atomic E-state index is -0.716. The molecule has 0 bridgehead atoms. The fourth-order valence-electron chi connectivity index (χ4n) is 3.99. The van der Waals surface area contributed by atoms with Crippen LogP contribution in [0.1, 0.15) is 40.0 Å². The van der Waals surface area contributed by atoms with Crippen LogP contribution in [0, 0.1) is 11.7 Å². The quantitative estimate of drug-likeness (QED) is 0.569. The van der Waals surface area contributed by atoms with Crippen LogP contribution in [0.25, 0.3) is 0 Å². The van der Waals surface area contributed by atoms with E-state index in [1.807, 2.05) is 6.07 Å². The predicted octanol–water partition coefficient (Wildman–Crippen LogP) is 2.63. The van der Waals surface area contributed by atoms with E-state index in [2.05, 4.69) is 10.6 Å². The molecule has 2 aromatic rings. The topological polar surface area (TPSA) is 87.7 Å². The van der Waals surface area contributed by atoms with Gasteiger partial charge < -0.3 is 20.3 Å². The summed E-state index contributed by atoms with van der Waals surface area (Å²) in [5.74, 6) is -1.38. The lowest BCUT2D eigenvalue weighted by atomic mass is 9.88. The average Bonchev–Trinajstić information content (AvgIpc) is 2.85. The zero-order chi connectivity index (χ0) is 23.6. The van der Waals surface area contributed by atoms with Crippen molar-refractivity contribution in [2.75, 3.05) is 33.4 Å². The maximum atomic E-state index is 13.5. The minimum Gasteiger partial charge on any atom is -0.385 e. The molecule has 2 aromatic carbocycles. The van der Waals surface area contributed by atoms with E-state index in [-0.39, 0.29) is 23.6 Å². The van der Waals surface area contributed by atoms with Gasteiger partial charge in [0.05, 0.1) is 0 Å². The summed E-state index contributed by atoms with van der Waals surface area (Å²) in [5.41, 5.74) is 0.784. The Labute approximate surface area is 193 Å². The van der Waals surface area contributed by atoms with Crippen molar-refractivity contribution >= 4 is 17.7 Å². The second-order valence-corrected chi connectivity index (χ2v) is 8.09. The Morgan fingerprint density at radius 2 is 1.76 bits per heavy atom. The van der Waals surface area contributed by atoms with Gasteiger partial charge in [0, 0.05) is 44.5 Å². The van der Waals surface area contributed by atoms with Gasteiger partial charge in [0.2, 0.25) is 5.91 Å². The van der Waals surface area contributed by atoms with Crippen LogP contribution in [0.2, 0.25) is 0 Å². The van der Waals surface area contributed by atoms with E-state index in [1.165, 1.54) is 18.2 Å². The number of piperidine rings is 1. The molecule has 2 N–H and O–H groups in total. The largest absolute Gasteiger partial charge is 0.385 e. The van der Waals surface area contributed by atoms with Gasteiger partial charge in [0.25, 0.3) is 11.8 Å². The Morgan fingerprint density at radius 3 is 2.42 bits per heavy atom.